The molecule has 0 saturated carbocycles. The Morgan fingerprint density at radius 1 is 1.16 bits per heavy atom. The van der Waals surface area contributed by atoms with Crippen LogP contribution >= 0.6 is 0 Å². The van der Waals surface area contributed by atoms with Crippen molar-refractivity contribution in [2.24, 2.45) is 0 Å². The van der Waals surface area contributed by atoms with Crippen molar-refractivity contribution >= 4 is 0 Å². The van der Waals surface area contributed by atoms with Crippen molar-refractivity contribution in [1.29, 1.82) is 0 Å². The minimum Gasteiger partial charge on any atom is -0.493 e. The molecule has 0 radical (unpaired) electrons. The van der Waals surface area contributed by atoms with Gasteiger partial charge in [0.1, 0.15) is 5.75 Å². The van der Waals surface area contributed by atoms with E-state index < -0.39 is 6.10 Å². The Hall–Kier alpha value is -1.10. The van der Waals surface area contributed by atoms with Gasteiger partial charge in [0.15, 0.2) is 0 Å². The van der Waals surface area contributed by atoms with Crippen LogP contribution in [-0.2, 0) is 9.47 Å². The van der Waals surface area contributed by atoms with Gasteiger partial charge in [-0.15, -0.1) is 0 Å². The van der Waals surface area contributed by atoms with Crippen LogP contribution in [0.4, 0.5) is 0 Å². The number of methoxy groups -OCH3 is 1. The molecule has 1 rings (SSSR count). The Morgan fingerprint density at radius 3 is 2.58 bits per heavy atom. The number of aliphatic hydroxyl groups excluding tert-OH is 1. The molecule has 0 unspecified atom stereocenters. The van der Waals surface area contributed by atoms with Crippen molar-refractivity contribution in [2.75, 3.05) is 33.5 Å². The SMILES string of the molecule is COCCOCCCOc1ccc([C@@H](C)O)cc1C. The molecule has 0 heterocycles. The summed E-state index contributed by atoms with van der Waals surface area (Å²) in [5.41, 5.74) is 1.95. The summed E-state index contributed by atoms with van der Waals surface area (Å²) in [7, 11) is 1.66. The van der Waals surface area contributed by atoms with Crippen LogP contribution < -0.4 is 4.74 Å². The molecular weight excluding hydrogens is 244 g/mol. The molecule has 0 aliphatic rings. The molecule has 0 bridgehead atoms. The second kappa shape index (κ2) is 8.91. The number of aliphatic hydroxyl groups is 1. The maximum absolute atomic E-state index is 9.49. The summed E-state index contributed by atoms with van der Waals surface area (Å²) >= 11 is 0. The fourth-order valence-corrected chi connectivity index (χ4v) is 1.68. The Morgan fingerprint density at radius 2 is 1.95 bits per heavy atom. The van der Waals surface area contributed by atoms with E-state index in [2.05, 4.69) is 0 Å². The van der Waals surface area contributed by atoms with Gasteiger partial charge in [-0.1, -0.05) is 6.07 Å². The molecule has 1 N–H and O–H groups in total. The van der Waals surface area contributed by atoms with Gasteiger partial charge in [-0.3, -0.25) is 0 Å². The average Bonchev–Trinajstić information content (AvgIpc) is 2.39. The highest BCUT2D eigenvalue weighted by molar-refractivity contribution is 5.36. The highest BCUT2D eigenvalue weighted by atomic mass is 16.5. The molecule has 1 atom stereocenters. The van der Waals surface area contributed by atoms with Crippen LogP contribution in [0.15, 0.2) is 18.2 Å². The summed E-state index contributed by atoms with van der Waals surface area (Å²) in [4.78, 5) is 0. The highest BCUT2D eigenvalue weighted by Gasteiger charge is 2.04. The zero-order chi connectivity index (χ0) is 14.1. The summed E-state index contributed by atoms with van der Waals surface area (Å²) in [5.74, 6) is 0.862. The minimum atomic E-state index is -0.443. The monoisotopic (exact) mass is 268 g/mol. The summed E-state index contributed by atoms with van der Waals surface area (Å²) in [5, 5.41) is 9.49. The average molecular weight is 268 g/mol. The highest BCUT2D eigenvalue weighted by Crippen LogP contribution is 2.22. The van der Waals surface area contributed by atoms with Gasteiger partial charge >= 0.3 is 0 Å². The number of ether oxygens (including phenoxy) is 3. The van der Waals surface area contributed by atoms with Crippen molar-refractivity contribution in [1.82, 2.24) is 0 Å². The Balaban J connectivity index is 2.26. The minimum absolute atomic E-state index is 0.443. The quantitative estimate of drug-likeness (QED) is 0.699. The molecule has 4 heteroatoms. The van der Waals surface area contributed by atoms with E-state index in [0.29, 0.717) is 26.4 Å². The lowest BCUT2D eigenvalue weighted by Gasteiger charge is -2.12. The third-order valence-electron chi connectivity index (χ3n) is 2.80. The maximum Gasteiger partial charge on any atom is 0.122 e. The van der Waals surface area contributed by atoms with E-state index in [1.807, 2.05) is 25.1 Å². The van der Waals surface area contributed by atoms with Crippen LogP contribution in [0, 0.1) is 6.92 Å². The second-order valence-electron chi connectivity index (χ2n) is 4.51. The van der Waals surface area contributed by atoms with Gasteiger partial charge in [-0.2, -0.15) is 0 Å². The molecule has 4 nitrogen and oxygen atoms in total. The summed E-state index contributed by atoms with van der Waals surface area (Å²) in [6.45, 7) is 6.29. The first-order valence-electron chi connectivity index (χ1n) is 6.63. The molecule has 0 aliphatic heterocycles. The molecule has 0 saturated heterocycles. The number of hydrogen-bond donors (Lipinski definition) is 1. The van der Waals surface area contributed by atoms with Gasteiger partial charge in [-0.25, -0.2) is 0 Å². The lowest BCUT2D eigenvalue weighted by Crippen LogP contribution is -2.07. The van der Waals surface area contributed by atoms with Crippen LogP contribution in [-0.4, -0.2) is 38.6 Å². The molecule has 108 valence electrons. The first-order chi connectivity index (χ1) is 9.15. The van der Waals surface area contributed by atoms with Gasteiger partial charge in [-0.05, 0) is 37.1 Å². The van der Waals surface area contributed by atoms with Crippen LogP contribution in [0.3, 0.4) is 0 Å². The standard InChI is InChI=1S/C15H24O4/c1-12-11-14(13(2)16)5-6-15(12)19-8-4-7-18-10-9-17-3/h5-6,11,13,16H,4,7-10H2,1-3H3/t13-/m1/s1. The van der Waals surface area contributed by atoms with Gasteiger partial charge in [0.05, 0.1) is 25.9 Å². The molecule has 19 heavy (non-hydrogen) atoms. The third-order valence-corrected chi connectivity index (χ3v) is 2.80. The lowest BCUT2D eigenvalue weighted by molar-refractivity contribution is 0.0644. The molecule has 0 spiro atoms. The third kappa shape index (κ3) is 6.05. The Kier molecular flexibility index (Phi) is 7.48. The van der Waals surface area contributed by atoms with E-state index >= 15 is 0 Å². The van der Waals surface area contributed by atoms with Crippen LogP contribution in [0.1, 0.15) is 30.6 Å². The Labute approximate surface area is 115 Å². The van der Waals surface area contributed by atoms with E-state index in [1.54, 1.807) is 14.0 Å². The normalized spacial score (nSPS) is 12.4. The predicted molar refractivity (Wildman–Crippen MR) is 74.6 cm³/mol. The van der Waals surface area contributed by atoms with Gasteiger partial charge < -0.3 is 19.3 Å². The fourth-order valence-electron chi connectivity index (χ4n) is 1.68. The van der Waals surface area contributed by atoms with Crippen molar-refractivity contribution in [3.8, 4) is 5.75 Å². The molecule has 1 aromatic rings. The lowest BCUT2D eigenvalue weighted by atomic mass is 10.1. The van der Waals surface area contributed by atoms with Crippen LogP contribution in [0.2, 0.25) is 0 Å². The number of hydrogen-bond acceptors (Lipinski definition) is 4. The summed E-state index contributed by atoms with van der Waals surface area (Å²) < 4.78 is 15.9. The summed E-state index contributed by atoms with van der Waals surface area (Å²) in [6, 6.07) is 5.75. The first kappa shape index (κ1) is 16.0. The van der Waals surface area contributed by atoms with Crippen molar-refractivity contribution in [2.45, 2.75) is 26.4 Å². The van der Waals surface area contributed by atoms with Gasteiger partial charge in [0.2, 0.25) is 0 Å². The molecular formula is C15H24O4. The fraction of sp³-hybridized carbons (Fsp3) is 0.600. The maximum atomic E-state index is 9.49. The van der Waals surface area contributed by atoms with E-state index in [0.717, 1.165) is 23.3 Å². The summed E-state index contributed by atoms with van der Waals surface area (Å²) in [6.07, 6.45) is 0.406. The van der Waals surface area contributed by atoms with Crippen LogP contribution in [0.5, 0.6) is 5.75 Å². The van der Waals surface area contributed by atoms with Crippen molar-refractivity contribution < 1.29 is 19.3 Å². The van der Waals surface area contributed by atoms with Gasteiger partial charge in [0.25, 0.3) is 0 Å². The van der Waals surface area contributed by atoms with Gasteiger partial charge in [0, 0.05) is 20.1 Å². The zero-order valence-electron chi connectivity index (χ0n) is 12.0. The molecule has 0 aromatic heterocycles. The predicted octanol–water partition coefficient (Wildman–Crippen LogP) is 2.48. The Bertz CT molecular complexity index is 363. The van der Waals surface area contributed by atoms with Crippen molar-refractivity contribution in [3.05, 3.63) is 29.3 Å². The first-order valence-corrected chi connectivity index (χ1v) is 6.63. The zero-order valence-corrected chi connectivity index (χ0v) is 12.0. The smallest absolute Gasteiger partial charge is 0.122 e. The number of benzene rings is 1. The molecule has 1 aromatic carbocycles. The van der Waals surface area contributed by atoms with Crippen LogP contribution in [0.25, 0.3) is 0 Å². The number of rotatable bonds is 9. The second-order valence-corrected chi connectivity index (χ2v) is 4.51. The van der Waals surface area contributed by atoms with E-state index in [1.165, 1.54) is 0 Å². The van der Waals surface area contributed by atoms with E-state index in [4.69, 9.17) is 14.2 Å². The largest absolute Gasteiger partial charge is 0.493 e. The molecule has 0 amide bonds. The number of aryl methyl sites for hydroxylation is 1. The molecule has 0 fully saturated rings. The van der Waals surface area contributed by atoms with Crippen molar-refractivity contribution in [3.63, 3.8) is 0 Å². The topological polar surface area (TPSA) is 47.9 Å². The van der Waals surface area contributed by atoms with E-state index in [-0.39, 0.29) is 0 Å². The van der Waals surface area contributed by atoms with E-state index in [9.17, 15) is 5.11 Å². The molecule has 0 aliphatic carbocycles.